The van der Waals surface area contributed by atoms with Crippen molar-refractivity contribution in [2.45, 2.75) is 20.0 Å². The average Bonchev–Trinajstić information content (AvgIpc) is 2.47. The van der Waals surface area contributed by atoms with Crippen LogP contribution in [0.5, 0.6) is 0 Å². The van der Waals surface area contributed by atoms with Gasteiger partial charge in [0, 0.05) is 23.4 Å². The molecule has 114 valence electrons. The molecule has 0 saturated carbocycles. The van der Waals surface area contributed by atoms with E-state index in [1.807, 2.05) is 36.4 Å². The highest BCUT2D eigenvalue weighted by molar-refractivity contribution is 5.53. The lowest BCUT2D eigenvalue weighted by atomic mass is 9.92. The van der Waals surface area contributed by atoms with E-state index in [1.54, 1.807) is 13.1 Å². The Hall–Kier alpha value is -2.40. The van der Waals surface area contributed by atoms with Gasteiger partial charge in [-0.05, 0) is 18.9 Å². The molecular weight excluding hydrogens is 280 g/mol. The molecule has 1 aromatic heterocycles. The lowest BCUT2D eigenvalue weighted by Gasteiger charge is -2.26. The summed E-state index contributed by atoms with van der Waals surface area (Å²) in [6.45, 7) is 2.92. The predicted molar refractivity (Wildman–Crippen MR) is 84.5 cm³/mol. The first-order valence-corrected chi connectivity index (χ1v) is 7.29. The first-order chi connectivity index (χ1) is 10.6. The highest BCUT2D eigenvalue weighted by atomic mass is 16.5. The summed E-state index contributed by atoms with van der Waals surface area (Å²) in [6.07, 6.45) is 4.39. The van der Waals surface area contributed by atoms with Gasteiger partial charge in [0.15, 0.2) is 0 Å². The zero-order valence-corrected chi connectivity index (χ0v) is 12.4. The van der Waals surface area contributed by atoms with E-state index in [4.69, 9.17) is 4.74 Å². The summed E-state index contributed by atoms with van der Waals surface area (Å²) >= 11 is 0. The number of aromatic amines is 1. The summed E-state index contributed by atoms with van der Waals surface area (Å²) < 4.78 is 7.20. The third-order valence-corrected chi connectivity index (χ3v) is 3.77. The van der Waals surface area contributed by atoms with E-state index in [0.717, 1.165) is 17.7 Å². The summed E-state index contributed by atoms with van der Waals surface area (Å²) in [5, 5.41) is 0. The number of ether oxygens (including phenoxy) is 1. The molecule has 1 aliphatic carbocycles. The van der Waals surface area contributed by atoms with Crippen molar-refractivity contribution in [3.8, 4) is 0 Å². The fourth-order valence-electron chi connectivity index (χ4n) is 2.48. The fourth-order valence-corrected chi connectivity index (χ4v) is 2.48. The number of H-pyrrole nitrogens is 1. The second kappa shape index (κ2) is 6.15. The fraction of sp³-hybridized carbons (Fsp3) is 0.294. The molecule has 3 rings (SSSR count). The molecule has 1 N–H and O–H groups in total. The van der Waals surface area contributed by atoms with Crippen LogP contribution in [0.3, 0.4) is 0 Å². The number of nitrogens with one attached hydrogen (secondary N) is 1. The lowest BCUT2D eigenvalue weighted by Crippen LogP contribution is -2.33. The van der Waals surface area contributed by atoms with Gasteiger partial charge in [0.25, 0.3) is 5.56 Å². The number of hydrogen-bond acceptors (Lipinski definition) is 3. The minimum atomic E-state index is -0.384. The summed E-state index contributed by atoms with van der Waals surface area (Å²) in [4.78, 5) is 25.4. The minimum Gasteiger partial charge on any atom is -0.376 e. The first kappa shape index (κ1) is 14.5. The Bertz CT molecular complexity index is 803. The molecule has 1 unspecified atom stereocenters. The summed E-state index contributed by atoms with van der Waals surface area (Å²) in [7, 11) is 0. The second-order valence-corrected chi connectivity index (χ2v) is 5.56. The molecule has 0 amide bonds. The maximum absolute atomic E-state index is 11.8. The van der Waals surface area contributed by atoms with Crippen LogP contribution in [-0.2, 0) is 11.3 Å². The van der Waals surface area contributed by atoms with Gasteiger partial charge in [0.05, 0.1) is 13.2 Å². The quantitative estimate of drug-likeness (QED) is 0.917. The minimum absolute atomic E-state index is 0.317. The molecule has 1 atom stereocenters. The Morgan fingerprint density at radius 2 is 2.00 bits per heavy atom. The Morgan fingerprint density at radius 3 is 2.73 bits per heavy atom. The van der Waals surface area contributed by atoms with Gasteiger partial charge in [-0.25, -0.2) is 4.79 Å². The van der Waals surface area contributed by atoms with Crippen molar-refractivity contribution in [2.24, 2.45) is 5.92 Å². The molecule has 0 spiro atoms. The van der Waals surface area contributed by atoms with Gasteiger partial charge in [0.2, 0.25) is 0 Å². The first-order valence-electron chi connectivity index (χ1n) is 7.29. The summed E-state index contributed by atoms with van der Waals surface area (Å²) in [5.74, 6) is 0.317. The number of aromatic nitrogens is 2. The third-order valence-electron chi connectivity index (χ3n) is 3.77. The monoisotopic (exact) mass is 298 g/mol. The Labute approximate surface area is 127 Å². The molecule has 22 heavy (non-hydrogen) atoms. The van der Waals surface area contributed by atoms with E-state index in [9.17, 15) is 9.59 Å². The molecule has 0 fully saturated rings. The van der Waals surface area contributed by atoms with Crippen LogP contribution in [0.15, 0.2) is 52.2 Å². The van der Waals surface area contributed by atoms with Crippen molar-refractivity contribution in [3.63, 3.8) is 0 Å². The van der Waals surface area contributed by atoms with E-state index in [0.29, 0.717) is 24.7 Å². The van der Waals surface area contributed by atoms with Gasteiger partial charge in [-0.3, -0.25) is 14.3 Å². The molecular formula is C17H18N2O3. The Morgan fingerprint density at radius 1 is 1.27 bits per heavy atom. The van der Waals surface area contributed by atoms with Gasteiger partial charge < -0.3 is 4.74 Å². The van der Waals surface area contributed by atoms with Gasteiger partial charge in [0.1, 0.15) is 0 Å². The maximum atomic E-state index is 11.8. The highest BCUT2D eigenvalue weighted by Gasteiger charge is 2.21. The largest absolute Gasteiger partial charge is 0.376 e. The number of aryl methyl sites for hydroxylation is 1. The van der Waals surface area contributed by atoms with Crippen molar-refractivity contribution in [3.05, 3.63) is 74.6 Å². The average molecular weight is 298 g/mol. The van der Waals surface area contributed by atoms with E-state index < -0.39 is 0 Å². The zero-order chi connectivity index (χ0) is 15.5. The SMILES string of the molecule is Cc1cn(C2=CC(COCc3ccccc3)C2)c(=O)[nH]c1=O. The van der Waals surface area contributed by atoms with Gasteiger partial charge in [-0.1, -0.05) is 36.4 Å². The van der Waals surface area contributed by atoms with Crippen LogP contribution in [-0.4, -0.2) is 16.2 Å². The molecule has 1 aliphatic rings. The molecule has 1 heterocycles. The standard InChI is InChI=1S/C17H18N2O3/c1-12-9-19(17(21)18-16(12)20)15-7-14(8-15)11-22-10-13-5-3-2-4-6-13/h2-7,9,14H,8,10-11H2,1H3,(H,18,20,21). The third kappa shape index (κ3) is 3.09. The van der Waals surface area contributed by atoms with Gasteiger partial charge in [-0.15, -0.1) is 0 Å². The molecule has 0 saturated heterocycles. The van der Waals surface area contributed by atoms with Crippen molar-refractivity contribution in [2.75, 3.05) is 6.61 Å². The molecule has 5 heteroatoms. The van der Waals surface area contributed by atoms with Crippen LogP contribution in [0.2, 0.25) is 0 Å². The van der Waals surface area contributed by atoms with Crippen LogP contribution in [0.4, 0.5) is 0 Å². The molecule has 0 bridgehead atoms. The number of benzene rings is 1. The number of rotatable bonds is 5. The summed E-state index contributed by atoms with van der Waals surface area (Å²) in [5.41, 5.74) is 1.88. The lowest BCUT2D eigenvalue weighted by molar-refractivity contribution is 0.0968. The van der Waals surface area contributed by atoms with Crippen LogP contribution in [0.25, 0.3) is 5.70 Å². The van der Waals surface area contributed by atoms with E-state index >= 15 is 0 Å². The van der Waals surface area contributed by atoms with Gasteiger partial charge >= 0.3 is 5.69 Å². The second-order valence-electron chi connectivity index (χ2n) is 5.56. The summed E-state index contributed by atoms with van der Waals surface area (Å²) in [6, 6.07) is 10.0. The van der Waals surface area contributed by atoms with Crippen LogP contribution in [0, 0.1) is 12.8 Å². The van der Waals surface area contributed by atoms with E-state index in [2.05, 4.69) is 4.98 Å². The molecule has 2 aromatic rings. The predicted octanol–water partition coefficient (Wildman–Crippen LogP) is 1.92. The van der Waals surface area contributed by atoms with Crippen LogP contribution < -0.4 is 11.2 Å². The van der Waals surface area contributed by atoms with Crippen LogP contribution in [0.1, 0.15) is 17.5 Å². The molecule has 1 aromatic carbocycles. The number of hydrogen-bond donors (Lipinski definition) is 1. The number of allylic oxidation sites excluding steroid dienone is 1. The number of nitrogens with zero attached hydrogens (tertiary/aromatic N) is 1. The molecule has 0 radical (unpaired) electrons. The van der Waals surface area contributed by atoms with Crippen molar-refractivity contribution < 1.29 is 4.74 Å². The van der Waals surface area contributed by atoms with E-state index in [-0.39, 0.29) is 11.2 Å². The normalized spacial score (nSPS) is 17.0. The van der Waals surface area contributed by atoms with Crippen molar-refractivity contribution in [1.82, 2.24) is 9.55 Å². The van der Waals surface area contributed by atoms with Crippen LogP contribution >= 0.6 is 0 Å². The van der Waals surface area contributed by atoms with Gasteiger partial charge in [-0.2, -0.15) is 0 Å². The van der Waals surface area contributed by atoms with E-state index in [1.165, 1.54) is 4.57 Å². The molecule has 5 nitrogen and oxygen atoms in total. The molecule has 0 aliphatic heterocycles. The Kier molecular flexibility index (Phi) is 4.06. The maximum Gasteiger partial charge on any atom is 0.332 e. The topological polar surface area (TPSA) is 64.1 Å². The zero-order valence-electron chi connectivity index (χ0n) is 12.4. The van der Waals surface area contributed by atoms with Crippen molar-refractivity contribution in [1.29, 1.82) is 0 Å². The highest BCUT2D eigenvalue weighted by Crippen LogP contribution is 2.29. The Balaban J connectivity index is 1.58. The smallest absolute Gasteiger partial charge is 0.332 e. The van der Waals surface area contributed by atoms with Crippen molar-refractivity contribution >= 4 is 5.70 Å².